The van der Waals surface area contributed by atoms with E-state index in [1.54, 1.807) is 7.11 Å². The molecule has 1 saturated heterocycles. The third kappa shape index (κ3) is 7.05. The number of carbonyl (C=O) groups excluding carboxylic acids is 1. The lowest BCUT2D eigenvalue weighted by atomic mass is 9.93. The molecule has 0 aromatic heterocycles. The molecule has 0 bridgehead atoms. The van der Waals surface area contributed by atoms with E-state index in [0.717, 1.165) is 25.8 Å². The number of nitrogens with one attached hydrogen (secondary N) is 1. The van der Waals surface area contributed by atoms with Crippen LogP contribution < -0.4 is 5.43 Å². The maximum Gasteiger partial charge on any atom is 0.311 e. The van der Waals surface area contributed by atoms with Crippen molar-refractivity contribution < 1.29 is 19.4 Å². The van der Waals surface area contributed by atoms with Crippen molar-refractivity contribution in [2.75, 3.05) is 26.9 Å². The number of methoxy groups -OCH3 is 1. The minimum atomic E-state index is -0.501. The number of hydrogen-bond acceptors (Lipinski definition) is 6. The van der Waals surface area contributed by atoms with Gasteiger partial charge in [0.15, 0.2) is 0 Å². The van der Waals surface area contributed by atoms with Crippen LogP contribution in [-0.2, 0) is 14.3 Å². The number of rotatable bonds is 10. The van der Waals surface area contributed by atoms with Crippen molar-refractivity contribution >= 4 is 5.97 Å². The van der Waals surface area contributed by atoms with E-state index in [1.807, 2.05) is 20.8 Å². The zero-order chi connectivity index (χ0) is 18.2. The zero-order valence-corrected chi connectivity index (χ0v) is 16.0. The number of nitrogens with zero attached hydrogens (tertiary/aromatic N) is 1. The predicted octanol–water partition coefficient (Wildman–Crippen LogP) is 2.11. The van der Waals surface area contributed by atoms with Gasteiger partial charge in [0, 0.05) is 32.3 Å². The summed E-state index contributed by atoms with van der Waals surface area (Å²) < 4.78 is 10.9. The lowest BCUT2D eigenvalue weighted by Crippen LogP contribution is -2.53. The van der Waals surface area contributed by atoms with Gasteiger partial charge in [-0.15, -0.1) is 0 Å². The Morgan fingerprint density at radius 2 is 2.12 bits per heavy atom. The summed E-state index contributed by atoms with van der Waals surface area (Å²) in [6.45, 7) is 9.48. The second-order valence-electron chi connectivity index (χ2n) is 7.59. The maximum atomic E-state index is 12.7. The fourth-order valence-electron chi connectivity index (χ4n) is 3.22. The normalized spacial score (nSPS) is 21.7. The second-order valence-corrected chi connectivity index (χ2v) is 7.59. The maximum absolute atomic E-state index is 12.7. The Kier molecular flexibility index (Phi) is 9.19. The minimum absolute atomic E-state index is 0.00357. The summed E-state index contributed by atoms with van der Waals surface area (Å²) >= 11 is 0. The van der Waals surface area contributed by atoms with E-state index < -0.39 is 5.60 Å². The van der Waals surface area contributed by atoms with Crippen molar-refractivity contribution in [3.63, 3.8) is 0 Å². The summed E-state index contributed by atoms with van der Waals surface area (Å²) in [6.07, 6.45) is 4.28. The Bertz CT molecular complexity index is 371. The molecule has 0 aromatic carbocycles. The topological polar surface area (TPSA) is 71.0 Å². The first-order valence-electron chi connectivity index (χ1n) is 9.17. The molecule has 0 radical (unpaired) electrons. The summed E-state index contributed by atoms with van der Waals surface area (Å²) in [5.74, 6) is -0.442. The molecule has 0 aliphatic carbocycles. The van der Waals surface area contributed by atoms with E-state index >= 15 is 0 Å². The smallest absolute Gasteiger partial charge is 0.311 e. The number of aliphatic hydroxyl groups excluding tert-OH is 1. The number of aliphatic hydroxyl groups is 1. The highest BCUT2D eigenvalue weighted by Crippen LogP contribution is 2.23. The average Bonchev–Trinajstić information content (AvgIpc) is 2.92. The van der Waals surface area contributed by atoms with E-state index in [-0.39, 0.29) is 24.5 Å². The number of hydrazine groups is 1. The van der Waals surface area contributed by atoms with Crippen LogP contribution in [0.15, 0.2) is 0 Å². The summed E-state index contributed by atoms with van der Waals surface area (Å²) in [5, 5.41) is 11.4. The number of esters is 1. The molecule has 0 spiro atoms. The molecule has 1 aliphatic heterocycles. The van der Waals surface area contributed by atoms with Crippen LogP contribution in [-0.4, -0.2) is 60.6 Å². The van der Waals surface area contributed by atoms with Gasteiger partial charge in [-0.2, -0.15) is 0 Å². The first-order valence-corrected chi connectivity index (χ1v) is 9.17. The molecule has 2 N–H and O–H groups in total. The van der Waals surface area contributed by atoms with Gasteiger partial charge < -0.3 is 14.6 Å². The third-order valence-electron chi connectivity index (χ3n) is 4.38. The van der Waals surface area contributed by atoms with Crippen LogP contribution in [0.5, 0.6) is 0 Å². The summed E-state index contributed by atoms with van der Waals surface area (Å²) in [4.78, 5) is 12.7. The highest BCUT2D eigenvalue weighted by molar-refractivity contribution is 5.73. The van der Waals surface area contributed by atoms with Crippen LogP contribution in [0.4, 0.5) is 0 Å². The Hall–Kier alpha value is -0.690. The highest BCUT2D eigenvalue weighted by Gasteiger charge is 2.34. The molecule has 6 heteroatoms. The van der Waals surface area contributed by atoms with E-state index in [2.05, 4.69) is 17.4 Å². The van der Waals surface area contributed by atoms with Crippen molar-refractivity contribution in [3.8, 4) is 0 Å². The van der Waals surface area contributed by atoms with Crippen LogP contribution in [0.1, 0.15) is 59.8 Å². The SMILES string of the molecule is CC[C@H](NN1CCC[C@H]1COC)[C@H](CCCO)C(=O)OC(C)(C)C. The monoisotopic (exact) mass is 344 g/mol. The van der Waals surface area contributed by atoms with E-state index in [9.17, 15) is 9.90 Å². The molecule has 1 fully saturated rings. The molecule has 1 rings (SSSR count). The standard InChI is InChI=1S/C18H36N2O4/c1-6-16(19-20-11-7-9-14(20)13-23-5)15(10-8-12-21)17(22)24-18(2,3)4/h14-16,19,21H,6-13H2,1-5H3/t14-,15-,16-/m0/s1. The van der Waals surface area contributed by atoms with Crippen molar-refractivity contribution in [1.82, 2.24) is 10.4 Å². The first-order chi connectivity index (χ1) is 11.3. The van der Waals surface area contributed by atoms with Crippen LogP contribution >= 0.6 is 0 Å². The van der Waals surface area contributed by atoms with E-state index in [4.69, 9.17) is 9.47 Å². The second kappa shape index (κ2) is 10.3. The van der Waals surface area contributed by atoms with Gasteiger partial charge in [-0.25, -0.2) is 5.01 Å². The Morgan fingerprint density at radius 1 is 1.42 bits per heavy atom. The van der Waals surface area contributed by atoms with Gasteiger partial charge in [-0.3, -0.25) is 10.2 Å². The number of hydrogen-bond donors (Lipinski definition) is 2. The summed E-state index contributed by atoms with van der Waals surface area (Å²) in [6, 6.07) is 0.352. The molecule has 0 amide bonds. The van der Waals surface area contributed by atoms with Crippen LogP contribution in [0.25, 0.3) is 0 Å². The van der Waals surface area contributed by atoms with Crippen LogP contribution in [0.3, 0.4) is 0 Å². The van der Waals surface area contributed by atoms with E-state index in [1.165, 1.54) is 0 Å². The Morgan fingerprint density at radius 3 is 2.67 bits per heavy atom. The van der Waals surface area contributed by atoms with Crippen molar-refractivity contribution in [2.45, 2.75) is 77.5 Å². The van der Waals surface area contributed by atoms with Gasteiger partial charge in [0.1, 0.15) is 5.60 Å². The molecule has 0 saturated carbocycles. The van der Waals surface area contributed by atoms with E-state index in [0.29, 0.717) is 25.5 Å². The fraction of sp³-hybridized carbons (Fsp3) is 0.944. The molecule has 3 atom stereocenters. The lowest BCUT2D eigenvalue weighted by Gasteiger charge is -2.34. The largest absolute Gasteiger partial charge is 0.460 e. The Balaban J connectivity index is 2.77. The minimum Gasteiger partial charge on any atom is -0.460 e. The van der Waals surface area contributed by atoms with Crippen LogP contribution in [0.2, 0.25) is 0 Å². The van der Waals surface area contributed by atoms with Crippen molar-refractivity contribution in [3.05, 3.63) is 0 Å². The average molecular weight is 344 g/mol. The van der Waals surface area contributed by atoms with Crippen LogP contribution in [0, 0.1) is 5.92 Å². The van der Waals surface area contributed by atoms with Crippen molar-refractivity contribution in [1.29, 1.82) is 0 Å². The van der Waals surface area contributed by atoms with Gasteiger partial charge >= 0.3 is 5.97 Å². The van der Waals surface area contributed by atoms with Crippen molar-refractivity contribution in [2.24, 2.45) is 5.92 Å². The quantitative estimate of drug-likeness (QED) is 0.592. The molecule has 1 heterocycles. The number of ether oxygens (including phenoxy) is 2. The van der Waals surface area contributed by atoms with Gasteiger partial charge in [-0.05, 0) is 52.9 Å². The molecule has 1 aliphatic rings. The van der Waals surface area contributed by atoms with Gasteiger partial charge in [0.2, 0.25) is 0 Å². The molecule has 6 nitrogen and oxygen atoms in total. The number of carbonyl (C=O) groups is 1. The highest BCUT2D eigenvalue weighted by atomic mass is 16.6. The van der Waals surface area contributed by atoms with Gasteiger partial charge in [0.05, 0.1) is 12.5 Å². The molecule has 0 unspecified atom stereocenters. The third-order valence-corrected chi connectivity index (χ3v) is 4.38. The van der Waals surface area contributed by atoms with Gasteiger partial charge in [-0.1, -0.05) is 6.92 Å². The van der Waals surface area contributed by atoms with Gasteiger partial charge in [0.25, 0.3) is 0 Å². The first kappa shape index (κ1) is 21.4. The lowest BCUT2D eigenvalue weighted by molar-refractivity contribution is -0.162. The molecule has 0 aromatic rings. The molecule has 24 heavy (non-hydrogen) atoms. The zero-order valence-electron chi connectivity index (χ0n) is 16.0. The summed E-state index contributed by atoms with van der Waals surface area (Å²) in [7, 11) is 1.72. The molecular formula is C18H36N2O4. The molecular weight excluding hydrogens is 308 g/mol. The summed E-state index contributed by atoms with van der Waals surface area (Å²) in [5.41, 5.74) is 3.05. The Labute approximate surface area is 146 Å². The predicted molar refractivity (Wildman–Crippen MR) is 94.5 cm³/mol. The molecule has 142 valence electrons. The fourth-order valence-corrected chi connectivity index (χ4v) is 3.22.